The Balaban J connectivity index is 4.35. The molecule has 0 spiro atoms. The number of carbonyl (C=O) groups excluding carboxylic acids is 1. The molecule has 0 saturated carbocycles. The lowest BCUT2D eigenvalue weighted by Gasteiger charge is -2.30. The highest BCUT2D eigenvalue weighted by molar-refractivity contribution is 5.78. The molecule has 0 saturated heterocycles. The Morgan fingerprint density at radius 3 is 2.43 bits per heavy atom. The molecule has 5 heteroatoms. The molecule has 0 radical (unpaired) electrons. The highest BCUT2D eigenvalue weighted by atomic mass is 16.3. The number of amides is 1. The number of nitrogens with one attached hydrogen (secondary N) is 1. The fraction of sp³-hybridized carbons (Fsp3) is 0.778. The second-order valence-electron chi connectivity index (χ2n) is 3.23. The van der Waals surface area contributed by atoms with E-state index in [0.29, 0.717) is 6.42 Å². The fourth-order valence-corrected chi connectivity index (χ4v) is 1.24. The molecule has 0 aliphatic rings. The molecule has 0 aliphatic heterocycles. The van der Waals surface area contributed by atoms with E-state index in [1.165, 1.54) is 0 Å². The van der Waals surface area contributed by atoms with Gasteiger partial charge in [-0.15, -0.1) is 0 Å². The number of carbonyl (C=O) groups is 1. The van der Waals surface area contributed by atoms with Crippen LogP contribution in [0.15, 0.2) is 0 Å². The summed E-state index contributed by atoms with van der Waals surface area (Å²) < 4.78 is 0. The zero-order valence-corrected chi connectivity index (χ0v) is 8.29. The van der Waals surface area contributed by atoms with E-state index in [0.717, 1.165) is 6.42 Å². The first kappa shape index (κ1) is 12.9. The summed E-state index contributed by atoms with van der Waals surface area (Å²) in [6, 6.07) is 1.71. The molecule has 80 valence electrons. The number of hydrogen-bond acceptors (Lipinski definition) is 4. The van der Waals surface area contributed by atoms with Crippen molar-refractivity contribution in [2.45, 2.75) is 31.7 Å². The third kappa shape index (κ3) is 3.73. The quantitative estimate of drug-likeness (QED) is 0.541. The predicted molar refractivity (Wildman–Crippen MR) is 50.2 cm³/mol. The lowest BCUT2D eigenvalue weighted by atomic mass is 9.95. The fourth-order valence-electron chi connectivity index (χ4n) is 1.24. The first-order valence-corrected chi connectivity index (χ1v) is 4.54. The Hall–Kier alpha value is -1.12. The summed E-state index contributed by atoms with van der Waals surface area (Å²) in [7, 11) is 0. The molecule has 3 N–H and O–H groups in total. The summed E-state index contributed by atoms with van der Waals surface area (Å²) >= 11 is 0. The van der Waals surface area contributed by atoms with Crippen molar-refractivity contribution in [3.8, 4) is 6.07 Å². The number of nitriles is 1. The summed E-state index contributed by atoms with van der Waals surface area (Å²) in [6.07, 6.45) is 0.955. The summed E-state index contributed by atoms with van der Waals surface area (Å²) in [5.74, 6) is -0.468. The summed E-state index contributed by atoms with van der Waals surface area (Å²) in [5.41, 5.74) is -0.983. The van der Waals surface area contributed by atoms with Crippen LogP contribution in [0.2, 0.25) is 0 Å². The molecule has 1 amide bonds. The van der Waals surface area contributed by atoms with Gasteiger partial charge in [-0.25, -0.2) is 0 Å². The largest absolute Gasteiger partial charge is 0.394 e. The molecule has 0 aromatic carbocycles. The molecular formula is C9H16N2O3. The minimum atomic E-state index is -0.983. The summed E-state index contributed by atoms with van der Waals surface area (Å²) in [4.78, 5) is 11.1. The second-order valence-corrected chi connectivity index (χ2v) is 3.23. The van der Waals surface area contributed by atoms with Crippen molar-refractivity contribution < 1.29 is 15.0 Å². The Kier molecular flexibility index (Phi) is 5.84. The van der Waals surface area contributed by atoms with Gasteiger partial charge >= 0.3 is 0 Å². The van der Waals surface area contributed by atoms with Gasteiger partial charge in [0.1, 0.15) is 6.42 Å². The van der Waals surface area contributed by atoms with E-state index in [-0.39, 0.29) is 19.6 Å². The van der Waals surface area contributed by atoms with Crippen molar-refractivity contribution >= 4 is 5.91 Å². The van der Waals surface area contributed by atoms with Crippen molar-refractivity contribution in [1.29, 1.82) is 5.26 Å². The molecule has 14 heavy (non-hydrogen) atoms. The molecule has 5 nitrogen and oxygen atoms in total. The maximum absolute atomic E-state index is 11.1. The van der Waals surface area contributed by atoms with Crippen LogP contribution in [0.25, 0.3) is 0 Å². The smallest absolute Gasteiger partial charge is 0.234 e. The van der Waals surface area contributed by atoms with Gasteiger partial charge < -0.3 is 15.5 Å². The van der Waals surface area contributed by atoms with E-state index in [1.807, 2.05) is 6.92 Å². The van der Waals surface area contributed by atoms with E-state index < -0.39 is 11.4 Å². The van der Waals surface area contributed by atoms with Crippen molar-refractivity contribution in [2.75, 3.05) is 13.2 Å². The Morgan fingerprint density at radius 2 is 2.07 bits per heavy atom. The highest BCUT2D eigenvalue weighted by Gasteiger charge is 2.29. The number of rotatable bonds is 6. The minimum Gasteiger partial charge on any atom is -0.394 e. The highest BCUT2D eigenvalue weighted by Crippen LogP contribution is 2.11. The van der Waals surface area contributed by atoms with Crippen LogP contribution in [0, 0.1) is 11.3 Å². The van der Waals surface area contributed by atoms with Crippen LogP contribution in [0.4, 0.5) is 0 Å². The van der Waals surface area contributed by atoms with Gasteiger partial charge in [-0.05, 0) is 6.42 Å². The average Bonchev–Trinajstić information content (AvgIpc) is 2.17. The summed E-state index contributed by atoms with van der Waals surface area (Å²) in [5, 5.41) is 28.9. The molecular weight excluding hydrogens is 184 g/mol. The average molecular weight is 200 g/mol. The molecule has 0 unspecified atom stereocenters. The maximum atomic E-state index is 11.1. The number of hydrogen-bond donors (Lipinski definition) is 3. The third-order valence-electron chi connectivity index (χ3n) is 1.98. The van der Waals surface area contributed by atoms with Crippen LogP contribution in [0.3, 0.4) is 0 Å². The number of aliphatic hydroxyl groups excluding tert-OH is 2. The molecule has 0 fully saturated rings. The number of aliphatic hydroxyl groups is 2. The van der Waals surface area contributed by atoms with Gasteiger partial charge in [-0.1, -0.05) is 13.3 Å². The van der Waals surface area contributed by atoms with Gasteiger partial charge in [-0.2, -0.15) is 5.26 Å². The van der Waals surface area contributed by atoms with E-state index in [9.17, 15) is 4.79 Å². The first-order valence-electron chi connectivity index (χ1n) is 4.54. The summed E-state index contributed by atoms with van der Waals surface area (Å²) in [6.45, 7) is 1.24. The Morgan fingerprint density at radius 1 is 1.50 bits per heavy atom. The lowest BCUT2D eigenvalue weighted by Crippen LogP contribution is -2.54. The molecule has 0 aliphatic carbocycles. The zero-order chi connectivity index (χ0) is 11.0. The standard InChI is InChI=1S/C9H16N2O3/c1-2-4-9(6-12,7-13)11-8(14)3-5-10/h12-13H,2-4,6-7H2,1H3,(H,11,14). The van der Waals surface area contributed by atoms with E-state index in [1.54, 1.807) is 6.07 Å². The first-order chi connectivity index (χ1) is 6.64. The van der Waals surface area contributed by atoms with Gasteiger partial charge in [0.25, 0.3) is 0 Å². The zero-order valence-electron chi connectivity index (χ0n) is 8.29. The molecule has 0 heterocycles. The van der Waals surface area contributed by atoms with E-state index >= 15 is 0 Å². The van der Waals surface area contributed by atoms with Crippen molar-refractivity contribution in [3.05, 3.63) is 0 Å². The molecule has 0 bridgehead atoms. The van der Waals surface area contributed by atoms with Gasteiger partial charge in [-0.3, -0.25) is 4.79 Å². The second kappa shape index (κ2) is 6.35. The molecule has 0 rings (SSSR count). The van der Waals surface area contributed by atoms with Gasteiger partial charge in [0.05, 0.1) is 24.8 Å². The SMILES string of the molecule is CCCC(CO)(CO)NC(=O)CC#N. The van der Waals surface area contributed by atoms with Crippen molar-refractivity contribution in [1.82, 2.24) is 5.32 Å². The van der Waals surface area contributed by atoms with E-state index in [2.05, 4.69) is 5.32 Å². The molecule has 0 aromatic heterocycles. The number of nitrogens with zero attached hydrogens (tertiary/aromatic N) is 1. The normalized spacial score (nSPS) is 10.7. The third-order valence-corrected chi connectivity index (χ3v) is 1.98. The van der Waals surface area contributed by atoms with E-state index in [4.69, 9.17) is 15.5 Å². The molecule has 0 atom stereocenters. The van der Waals surface area contributed by atoms with Gasteiger partial charge in [0.15, 0.2) is 0 Å². The monoisotopic (exact) mass is 200 g/mol. The minimum absolute atomic E-state index is 0.258. The van der Waals surface area contributed by atoms with Crippen LogP contribution in [-0.2, 0) is 4.79 Å². The topological polar surface area (TPSA) is 93.3 Å². The molecule has 0 aromatic rings. The van der Waals surface area contributed by atoms with Gasteiger partial charge in [0, 0.05) is 0 Å². The van der Waals surface area contributed by atoms with Crippen LogP contribution < -0.4 is 5.32 Å². The Labute approximate surface area is 83.4 Å². The van der Waals surface area contributed by atoms with Crippen LogP contribution >= 0.6 is 0 Å². The maximum Gasteiger partial charge on any atom is 0.234 e. The van der Waals surface area contributed by atoms with Crippen molar-refractivity contribution in [2.24, 2.45) is 0 Å². The Bertz CT molecular complexity index is 219. The van der Waals surface area contributed by atoms with Crippen LogP contribution in [-0.4, -0.2) is 34.9 Å². The van der Waals surface area contributed by atoms with Crippen LogP contribution in [0.5, 0.6) is 0 Å². The van der Waals surface area contributed by atoms with Gasteiger partial charge in [0.2, 0.25) is 5.91 Å². The van der Waals surface area contributed by atoms with Crippen molar-refractivity contribution in [3.63, 3.8) is 0 Å². The predicted octanol–water partition coefficient (Wildman–Crippen LogP) is -0.460. The van der Waals surface area contributed by atoms with Crippen LogP contribution in [0.1, 0.15) is 26.2 Å². The lowest BCUT2D eigenvalue weighted by molar-refractivity contribution is -0.123.